The zero-order valence-corrected chi connectivity index (χ0v) is 16.5. The van der Waals surface area contributed by atoms with Crippen molar-refractivity contribution in [3.05, 3.63) is 23.8 Å². The largest absolute Gasteiger partial charge is 0.496 e. The van der Waals surface area contributed by atoms with Crippen LogP contribution >= 0.6 is 0 Å². The number of methoxy groups -OCH3 is 1. The van der Waals surface area contributed by atoms with Gasteiger partial charge in [-0.25, -0.2) is 0 Å². The first-order valence-electron chi connectivity index (χ1n) is 9.63. The average Bonchev–Trinajstić information content (AvgIpc) is 2.59. The molecule has 0 aliphatic carbocycles. The van der Waals surface area contributed by atoms with Crippen LogP contribution in [0.4, 0.5) is 5.69 Å². The normalized spacial score (nSPS) is 20.5. The van der Waals surface area contributed by atoms with Gasteiger partial charge in [-0.2, -0.15) is 0 Å². The van der Waals surface area contributed by atoms with Crippen molar-refractivity contribution < 1.29 is 4.74 Å². The van der Waals surface area contributed by atoms with Crippen LogP contribution in [-0.4, -0.2) is 44.2 Å². The Balaban J connectivity index is 2.00. The number of rotatable bonds is 7. The first-order chi connectivity index (χ1) is 11.5. The van der Waals surface area contributed by atoms with E-state index in [0.29, 0.717) is 12.0 Å². The lowest BCUT2D eigenvalue weighted by Crippen LogP contribution is -2.52. The molecule has 24 heavy (non-hydrogen) atoms. The molecular weight excluding hydrogens is 296 g/mol. The highest BCUT2D eigenvalue weighted by Crippen LogP contribution is 2.31. The van der Waals surface area contributed by atoms with Crippen LogP contribution in [0.15, 0.2) is 18.2 Å². The van der Waals surface area contributed by atoms with Gasteiger partial charge in [0.05, 0.1) is 7.11 Å². The van der Waals surface area contributed by atoms with Crippen LogP contribution in [0.3, 0.4) is 0 Å². The van der Waals surface area contributed by atoms with Gasteiger partial charge in [0.1, 0.15) is 5.75 Å². The number of ether oxygens (including phenoxy) is 1. The van der Waals surface area contributed by atoms with Crippen molar-refractivity contribution in [1.29, 1.82) is 0 Å². The van der Waals surface area contributed by atoms with Crippen LogP contribution in [0.2, 0.25) is 0 Å². The molecular formula is C21H36N2O. The van der Waals surface area contributed by atoms with Crippen molar-refractivity contribution in [3.63, 3.8) is 0 Å². The standard InChI is InChI=1S/C21H36N2O/c1-7-17(4)10-11-22-12-13-23(15-18(22)5)19-8-9-20(16(2)3)21(14-19)24-6/h8-9,14,16-18H,7,10-13,15H2,1-6H3/t17?,18-/m0/s1. The van der Waals surface area contributed by atoms with Crippen LogP contribution in [0.5, 0.6) is 5.75 Å². The fourth-order valence-electron chi connectivity index (χ4n) is 3.53. The molecule has 2 atom stereocenters. The SMILES string of the molecule is CCC(C)CCN1CCN(c2ccc(C(C)C)c(OC)c2)C[C@@H]1C. The van der Waals surface area contributed by atoms with Gasteiger partial charge in [-0.15, -0.1) is 0 Å². The molecule has 0 amide bonds. The number of hydrogen-bond acceptors (Lipinski definition) is 3. The summed E-state index contributed by atoms with van der Waals surface area (Å²) in [6.45, 7) is 16.1. The van der Waals surface area contributed by atoms with Crippen LogP contribution in [0.1, 0.15) is 58.9 Å². The second-order valence-corrected chi connectivity index (χ2v) is 7.71. The molecule has 0 aromatic heterocycles. The van der Waals surface area contributed by atoms with E-state index in [-0.39, 0.29) is 0 Å². The topological polar surface area (TPSA) is 15.7 Å². The van der Waals surface area contributed by atoms with E-state index < -0.39 is 0 Å². The molecule has 3 nitrogen and oxygen atoms in total. The van der Waals surface area contributed by atoms with Crippen LogP contribution < -0.4 is 9.64 Å². The van der Waals surface area contributed by atoms with Gasteiger partial charge in [0.25, 0.3) is 0 Å². The van der Waals surface area contributed by atoms with Crippen LogP contribution in [0, 0.1) is 5.92 Å². The molecule has 0 radical (unpaired) electrons. The quantitative estimate of drug-likeness (QED) is 0.715. The Morgan fingerprint density at radius 2 is 1.96 bits per heavy atom. The smallest absolute Gasteiger partial charge is 0.124 e. The Bertz CT molecular complexity index is 515. The monoisotopic (exact) mass is 332 g/mol. The summed E-state index contributed by atoms with van der Waals surface area (Å²) in [6, 6.07) is 7.33. The fraction of sp³-hybridized carbons (Fsp3) is 0.714. The molecule has 1 aromatic rings. The van der Waals surface area contributed by atoms with Gasteiger partial charge in [-0.1, -0.05) is 40.2 Å². The number of anilines is 1. The maximum absolute atomic E-state index is 5.63. The Morgan fingerprint density at radius 1 is 1.21 bits per heavy atom. The summed E-state index contributed by atoms with van der Waals surface area (Å²) >= 11 is 0. The second kappa shape index (κ2) is 8.75. The van der Waals surface area contributed by atoms with Gasteiger partial charge in [0.2, 0.25) is 0 Å². The molecule has 1 saturated heterocycles. The number of piperazine rings is 1. The van der Waals surface area contributed by atoms with E-state index in [1.807, 2.05) is 0 Å². The maximum atomic E-state index is 5.63. The lowest BCUT2D eigenvalue weighted by molar-refractivity contribution is 0.177. The van der Waals surface area contributed by atoms with Gasteiger partial charge < -0.3 is 9.64 Å². The average molecular weight is 333 g/mol. The minimum atomic E-state index is 0.491. The summed E-state index contributed by atoms with van der Waals surface area (Å²) in [5, 5.41) is 0. The maximum Gasteiger partial charge on any atom is 0.124 e. The highest BCUT2D eigenvalue weighted by molar-refractivity contribution is 5.55. The molecule has 1 aromatic carbocycles. The zero-order valence-electron chi connectivity index (χ0n) is 16.5. The Labute approximate surface area is 149 Å². The van der Waals surface area contributed by atoms with E-state index in [1.54, 1.807) is 7.11 Å². The lowest BCUT2D eigenvalue weighted by atomic mass is 10.0. The van der Waals surface area contributed by atoms with E-state index in [2.05, 4.69) is 62.6 Å². The molecule has 0 spiro atoms. The predicted molar refractivity (Wildman–Crippen MR) is 104 cm³/mol. The van der Waals surface area contributed by atoms with Gasteiger partial charge in [-0.05, 0) is 43.4 Å². The molecule has 0 N–H and O–H groups in total. The number of hydrogen-bond donors (Lipinski definition) is 0. The van der Waals surface area contributed by atoms with Gasteiger partial charge in [0.15, 0.2) is 0 Å². The summed E-state index contributed by atoms with van der Waals surface area (Å²) in [5.74, 6) is 2.35. The van der Waals surface area contributed by atoms with E-state index in [0.717, 1.165) is 31.3 Å². The lowest BCUT2D eigenvalue weighted by Gasteiger charge is -2.41. The molecule has 1 heterocycles. The molecule has 0 bridgehead atoms. The van der Waals surface area contributed by atoms with Crippen molar-refractivity contribution in [2.75, 3.05) is 38.2 Å². The summed E-state index contributed by atoms with van der Waals surface area (Å²) in [7, 11) is 1.78. The van der Waals surface area contributed by atoms with Crippen LogP contribution in [0.25, 0.3) is 0 Å². The first kappa shape index (κ1) is 19.1. The molecule has 1 unspecified atom stereocenters. The highest BCUT2D eigenvalue weighted by Gasteiger charge is 2.24. The Kier molecular flexibility index (Phi) is 6.97. The van der Waals surface area contributed by atoms with E-state index in [4.69, 9.17) is 4.74 Å². The van der Waals surface area contributed by atoms with E-state index >= 15 is 0 Å². The van der Waals surface area contributed by atoms with E-state index in [1.165, 1.54) is 30.6 Å². The molecule has 3 heteroatoms. The highest BCUT2D eigenvalue weighted by atomic mass is 16.5. The molecule has 2 rings (SSSR count). The van der Waals surface area contributed by atoms with Gasteiger partial charge in [0, 0.05) is 37.4 Å². The van der Waals surface area contributed by atoms with Crippen LogP contribution in [-0.2, 0) is 0 Å². The summed E-state index contributed by atoms with van der Waals surface area (Å²) in [6.07, 6.45) is 2.61. The fourth-order valence-corrected chi connectivity index (χ4v) is 3.53. The van der Waals surface area contributed by atoms with Gasteiger partial charge >= 0.3 is 0 Å². The van der Waals surface area contributed by atoms with Crippen molar-refractivity contribution in [1.82, 2.24) is 4.90 Å². The number of nitrogens with zero attached hydrogens (tertiary/aromatic N) is 2. The summed E-state index contributed by atoms with van der Waals surface area (Å²) in [5.41, 5.74) is 2.59. The molecule has 1 aliphatic heterocycles. The Hall–Kier alpha value is -1.22. The van der Waals surface area contributed by atoms with Crippen molar-refractivity contribution >= 4 is 5.69 Å². The molecule has 1 fully saturated rings. The van der Waals surface area contributed by atoms with Crippen molar-refractivity contribution in [2.45, 2.75) is 59.4 Å². The first-order valence-corrected chi connectivity index (χ1v) is 9.63. The van der Waals surface area contributed by atoms with Crippen molar-refractivity contribution in [3.8, 4) is 5.75 Å². The minimum Gasteiger partial charge on any atom is -0.496 e. The third-order valence-electron chi connectivity index (χ3n) is 5.58. The zero-order chi connectivity index (χ0) is 17.7. The number of benzene rings is 1. The predicted octanol–water partition coefficient (Wildman–Crippen LogP) is 4.77. The third-order valence-corrected chi connectivity index (χ3v) is 5.58. The minimum absolute atomic E-state index is 0.491. The van der Waals surface area contributed by atoms with Gasteiger partial charge in [-0.3, -0.25) is 4.90 Å². The molecule has 1 aliphatic rings. The van der Waals surface area contributed by atoms with E-state index in [9.17, 15) is 0 Å². The molecule has 0 saturated carbocycles. The summed E-state index contributed by atoms with van der Waals surface area (Å²) in [4.78, 5) is 5.17. The third kappa shape index (κ3) is 4.66. The Morgan fingerprint density at radius 3 is 2.54 bits per heavy atom. The second-order valence-electron chi connectivity index (χ2n) is 7.71. The van der Waals surface area contributed by atoms with Crippen molar-refractivity contribution in [2.24, 2.45) is 5.92 Å². The summed E-state index contributed by atoms with van der Waals surface area (Å²) < 4.78 is 5.63. The molecule has 136 valence electrons.